The predicted molar refractivity (Wildman–Crippen MR) is 87.0 cm³/mol. The number of hydrogen-bond donors (Lipinski definition) is 3. The van der Waals surface area contributed by atoms with E-state index in [1.807, 2.05) is 30.3 Å². The summed E-state index contributed by atoms with van der Waals surface area (Å²) in [4.78, 5) is 35.4. The number of amides is 2. The van der Waals surface area contributed by atoms with Crippen LogP contribution >= 0.6 is 0 Å². The number of Topliss-reactive ketones (excluding diaryl/α,β-unsaturated/α-hetero) is 1. The molecule has 0 saturated carbocycles. The summed E-state index contributed by atoms with van der Waals surface area (Å²) in [6.07, 6.45) is 0.000672. The molecule has 132 valence electrons. The molecule has 0 aliphatic rings. The van der Waals surface area contributed by atoms with E-state index in [1.165, 1.54) is 0 Å². The van der Waals surface area contributed by atoms with Crippen molar-refractivity contribution >= 4 is 17.7 Å². The first-order valence-electron chi connectivity index (χ1n) is 7.63. The molecule has 10 nitrogen and oxygen atoms in total. The highest BCUT2D eigenvalue weighted by Crippen LogP contribution is 2.00. The standard InChI is InChI=1S/C15H19N7O3/c16-11(6-7-13(17)24)12(23)8-14-19-21-22(20-14)15(25)18-9-10-4-2-1-3-5-10/h1-5,11H,6-9,16H2,(H2,17,24)(H,18,25)/t11-/m0/s1. The molecule has 0 bridgehead atoms. The number of hydrogen-bond acceptors (Lipinski definition) is 7. The minimum atomic E-state index is -0.841. The van der Waals surface area contributed by atoms with Crippen LogP contribution in [0.4, 0.5) is 4.79 Å². The maximum Gasteiger partial charge on any atom is 0.361 e. The average Bonchev–Trinajstić information content (AvgIpc) is 3.07. The molecule has 1 atom stereocenters. The van der Waals surface area contributed by atoms with Crippen molar-refractivity contribution in [2.75, 3.05) is 0 Å². The number of carbonyl (C=O) groups excluding carboxylic acids is 3. The Hall–Kier alpha value is -3.14. The van der Waals surface area contributed by atoms with Gasteiger partial charge in [-0.1, -0.05) is 35.1 Å². The van der Waals surface area contributed by atoms with Gasteiger partial charge in [0.15, 0.2) is 11.6 Å². The summed E-state index contributed by atoms with van der Waals surface area (Å²) in [5.74, 6) is -0.803. The molecular weight excluding hydrogens is 326 g/mol. The van der Waals surface area contributed by atoms with Crippen LogP contribution in [-0.2, 0) is 22.6 Å². The van der Waals surface area contributed by atoms with Crippen LogP contribution in [0.15, 0.2) is 30.3 Å². The monoisotopic (exact) mass is 345 g/mol. The second kappa shape index (κ2) is 8.64. The van der Waals surface area contributed by atoms with Crippen LogP contribution < -0.4 is 16.8 Å². The lowest BCUT2D eigenvalue weighted by molar-refractivity contribution is -0.120. The third-order valence-electron chi connectivity index (χ3n) is 3.37. The van der Waals surface area contributed by atoms with E-state index in [4.69, 9.17) is 11.5 Å². The minimum Gasteiger partial charge on any atom is -0.370 e. The van der Waals surface area contributed by atoms with Crippen molar-refractivity contribution < 1.29 is 14.4 Å². The molecule has 2 amide bonds. The van der Waals surface area contributed by atoms with Crippen LogP contribution in [0.1, 0.15) is 24.2 Å². The van der Waals surface area contributed by atoms with Crippen LogP contribution in [0, 0.1) is 0 Å². The number of primary amides is 1. The van der Waals surface area contributed by atoms with Crippen LogP contribution in [-0.4, -0.2) is 44.0 Å². The Bertz CT molecular complexity index is 745. The van der Waals surface area contributed by atoms with Gasteiger partial charge in [-0.3, -0.25) is 9.59 Å². The van der Waals surface area contributed by atoms with Gasteiger partial charge in [-0.15, -0.1) is 10.2 Å². The van der Waals surface area contributed by atoms with Crippen molar-refractivity contribution in [1.29, 1.82) is 0 Å². The molecule has 0 saturated heterocycles. The molecule has 0 fully saturated rings. The summed E-state index contributed by atoms with van der Waals surface area (Å²) in [5.41, 5.74) is 11.6. The summed E-state index contributed by atoms with van der Waals surface area (Å²) in [6, 6.07) is 7.93. The lowest BCUT2D eigenvalue weighted by Crippen LogP contribution is -2.33. The van der Waals surface area contributed by atoms with Gasteiger partial charge < -0.3 is 16.8 Å². The van der Waals surface area contributed by atoms with E-state index in [0.29, 0.717) is 6.54 Å². The first-order valence-corrected chi connectivity index (χ1v) is 7.63. The van der Waals surface area contributed by atoms with Gasteiger partial charge >= 0.3 is 6.03 Å². The van der Waals surface area contributed by atoms with Gasteiger partial charge in [0.05, 0.1) is 12.5 Å². The summed E-state index contributed by atoms with van der Waals surface area (Å²) in [6.45, 7) is 0.313. The van der Waals surface area contributed by atoms with E-state index in [2.05, 4.69) is 20.7 Å². The molecule has 5 N–H and O–H groups in total. The molecule has 2 rings (SSSR count). The molecule has 1 aromatic heterocycles. The molecule has 25 heavy (non-hydrogen) atoms. The largest absolute Gasteiger partial charge is 0.370 e. The van der Waals surface area contributed by atoms with E-state index in [-0.39, 0.29) is 30.9 Å². The second-order valence-corrected chi connectivity index (χ2v) is 5.39. The van der Waals surface area contributed by atoms with Crippen molar-refractivity contribution in [1.82, 2.24) is 25.5 Å². The van der Waals surface area contributed by atoms with Crippen LogP contribution in [0.5, 0.6) is 0 Å². The molecular formula is C15H19N7O3. The molecule has 1 heterocycles. The fourth-order valence-electron chi connectivity index (χ4n) is 1.99. The highest BCUT2D eigenvalue weighted by Gasteiger charge is 2.18. The third-order valence-corrected chi connectivity index (χ3v) is 3.37. The zero-order chi connectivity index (χ0) is 18.2. The van der Waals surface area contributed by atoms with Gasteiger partial charge in [0, 0.05) is 13.0 Å². The van der Waals surface area contributed by atoms with Crippen molar-refractivity contribution in [3.8, 4) is 0 Å². The van der Waals surface area contributed by atoms with Crippen molar-refractivity contribution in [2.24, 2.45) is 11.5 Å². The number of benzene rings is 1. The molecule has 0 aliphatic heterocycles. The Balaban J connectivity index is 1.85. The number of ketones is 1. The normalized spacial score (nSPS) is 11.7. The summed E-state index contributed by atoms with van der Waals surface area (Å²) >= 11 is 0. The number of nitrogens with two attached hydrogens (primary N) is 2. The van der Waals surface area contributed by atoms with Gasteiger partial charge in [0.2, 0.25) is 5.91 Å². The lowest BCUT2D eigenvalue weighted by atomic mass is 10.1. The number of nitrogens with zero attached hydrogens (tertiary/aromatic N) is 4. The summed E-state index contributed by atoms with van der Waals surface area (Å²) in [7, 11) is 0. The zero-order valence-corrected chi connectivity index (χ0v) is 13.5. The first-order chi connectivity index (χ1) is 12.0. The van der Waals surface area contributed by atoms with Crippen molar-refractivity contribution in [3.05, 3.63) is 41.7 Å². The maximum absolute atomic E-state index is 12.0. The molecule has 0 spiro atoms. The van der Waals surface area contributed by atoms with E-state index in [9.17, 15) is 14.4 Å². The number of tetrazole rings is 1. The van der Waals surface area contributed by atoms with E-state index in [1.54, 1.807) is 0 Å². The van der Waals surface area contributed by atoms with Crippen LogP contribution in [0.3, 0.4) is 0 Å². The SMILES string of the molecule is NC(=O)CC[C@H](N)C(=O)Cc1nnn(C(=O)NCc2ccccc2)n1. The number of nitrogens with one attached hydrogen (secondary N) is 1. The number of carbonyl (C=O) groups is 3. The smallest absolute Gasteiger partial charge is 0.361 e. The minimum absolute atomic E-state index is 0.0227. The highest BCUT2D eigenvalue weighted by molar-refractivity contribution is 5.86. The average molecular weight is 345 g/mol. The van der Waals surface area contributed by atoms with Gasteiger partial charge in [0.1, 0.15) is 0 Å². The van der Waals surface area contributed by atoms with Crippen LogP contribution in [0.2, 0.25) is 0 Å². The van der Waals surface area contributed by atoms with Crippen molar-refractivity contribution in [3.63, 3.8) is 0 Å². The van der Waals surface area contributed by atoms with Gasteiger partial charge in [-0.05, 0) is 17.2 Å². The van der Waals surface area contributed by atoms with Gasteiger partial charge in [-0.2, -0.15) is 0 Å². The Kier molecular flexibility index (Phi) is 6.29. The molecule has 2 aromatic rings. The Morgan fingerprint density at radius 2 is 1.92 bits per heavy atom. The quantitative estimate of drug-likeness (QED) is 0.561. The fraction of sp³-hybridized carbons (Fsp3) is 0.333. The zero-order valence-electron chi connectivity index (χ0n) is 13.5. The first kappa shape index (κ1) is 18.2. The van der Waals surface area contributed by atoms with Gasteiger partial charge in [0.25, 0.3) is 0 Å². The van der Waals surface area contributed by atoms with Crippen molar-refractivity contribution in [2.45, 2.75) is 31.8 Å². The summed E-state index contributed by atoms with van der Waals surface area (Å²) in [5, 5.41) is 13.8. The summed E-state index contributed by atoms with van der Waals surface area (Å²) < 4.78 is 0. The highest BCUT2D eigenvalue weighted by atomic mass is 16.2. The van der Waals surface area contributed by atoms with Crippen LogP contribution in [0.25, 0.3) is 0 Å². The lowest BCUT2D eigenvalue weighted by Gasteiger charge is -2.07. The molecule has 10 heteroatoms. The molecule has 0 aliphatic carbocycles. The third kappa shape index (κ3) is 5.77. The molecule has 0 radical (unpaired) electrons. The fourth-order valence-corrected chi connectivity index (χ4v) is 1.99. The predicted octanol–water partition coefficient (Wildman–Crippen LogP) is -0.865. The molecule has 0 unspecified atom stereocenters. The maximum atomic E-state index is 12.0. The number of aromatic nitrogens is 4. The Morgan fingerprint density at radius 3 is 2.60 bits per heavy atom. The Morgan fingerprint density at radius 1 is 1.20 bits per heavy atom. The van der Waals surface area contributed by atoms with Gasteiger partial charge in [-0.25, -0.2) is 4.79 Å². The number of rotatable bonds is 8. The second-order valence-electron chi connectivity index (χ2n) is 5.39. The Labute approximate surface area is 143 Å². The van der Waals surface area contributed by atoms with E-state index >= 15 is 0 Å². The molecule has 1 aromatic carbocycles. The van der Waals surface area contributed by atoms with E-state index in [0.717, 1.165) is 10.4 Å². The topological polar surface area (TPSA) is 159 Å². The van der Waals surface area contributed by atoms with E-state index < -0.39 is 18.0 Å².